The second kappa shape index (κ2) is 4.66. The number of nitrogens with zero attached hydrogens (tertiary/aromatic N) is 1. The van der Waals surface area contributed by atoms with Crippen molar-refractivity contribution in [2.75, 3.05) is 13.1 Å². The van der Waals surface area contributed by atoms with Crippen molar-refractivity contribution in [1.29, 1.82) is 0 Å². The van der Waals surface area contributed by atoms with E-state index in [0.717, 1.165) is 5.92 Å². The van der Waals surface area contributed by atoms with E-state index in [0.29, 0.717) is 17.5 Å². The summed E-state index contributed by atoms with van der Waals surface area (Å²) < 4.78 is 0. The van der Waals surface area contributed by atoms with Crippen LogP contribution in [0.4, 0.5) is 0 Å². The van der Waals surface area contributed by atoms with Crippen LogP contribution in [0.15, 0.2) is 0 Å². The van der Waals surface area contributed by atoms with Crippen molar-refractivity contribution in [3.8, 4) is 0 Å². The third kappa shape index (κ3) is 2.28. The van der Waals surface area contributed by atoms with E-state index in [1.807, 2.05) is 0 Å². The van der Waals surface area contributed by atoms with Crippen LogP contribution in [0.3, 0.4) is 0 Å². The van der Waals surface area contributed by atoms with Gasteiger partial charge in [0.1, 0.15) is 0 Å². The van der Waals surface area contributed by atoms with E-state index in [1.54, 1.807) is 0 Å². The van der Waals surface area contributed by atoms with Crippen LogP contribution < -0.4 is 5.73 Å². The van der Waals surface area contributed by atoms with E-state index < -0.39 is 0 Å². The van der Waals surface area contributed by atoms with Crippen molar-refractivity contribution in [2.45, 2.75) is 65.0 Å². The molecule has 0 amide bonds. The third-order valence-electron chi connectivity index (χ3n) is 4.88. The lowest BCUT2D eigenvalue weighted by atomic mass is 9.87. The highest BCUT2D eigenvalue weighted by atomic mass is 15.2. The molecule has 1 aliphatic carbocycles. The van der Waals surface area contributed by atoms with Gasteiger partial charge < -0.3 is 5.73 Å². The first-order chi connectivity index (χ1) is 7.54. The minimum atomic E-state index is 0.355. The van der Waals surface area contributed by atoms with E-state index in [-0.39, 0.29) is 0 Å². The average Bonchev–Trinajstić information content (AvgIpc) is 2.75. The fourth-order valence-corrected chi connectivity index (χ4v) is 3.60. The second-order valence-electron chi connectivity index (χ2n) is 6.56. The van der Waals surface area contributed by atoms with Gasteiger partial charge in [0.15, 0.2) is 0 Å². The van der Waals surface area contributed by atoms with Gasteiger partial charge in [0.2, 0.25) is 0 Å². The fraction of sp³-hybridized carbons (Fsp3) is 1.00. The van der Waals surface area contributed by atoms with E-state index in [4.69, 9.17) is 5.73 Å². The highest BCUT2D eigenvalue weighted by Gasteiger charge is 2.43. The van der Waals surface area contributed by atoms with Gasteiger partial charge in [0.05, 0.1) is 0 Å². The second-order valence-corrected chi connectivity index (χ2v) is 6.56. The van der Waals surface area contributed by atoms with Gasteiger partial charge in [-0.2, -0.15) is 0 Å². The van der Waals surface area contributed by atoms with Crippen LogP contribution in [-0.2, 0) is 0 Å². The molecule has 2 rings (SSSR count). The maximum absolute atomic E-state index is 6.41. The smallest absolute Gasteiger partial charge is 0.0252 e. The maximum Gasteiger partial charge on any atom is 0.0252 e. The molecule has 0 aromatic heterocycles. The molecule has 94 valence electrons. The molecule has 0 bridgehead atoms. The third-order valence-corrected chi connectivity index (χ3v) is 4.88. The Morgan fingerprint density at radius 2 is 2.06 bits per heavy atom. The molecule has 3 atom stereocenters. The van der Waals surface area contributed by atoms with Gasteiger partial charge in [-0.1, -0.05) is 27.2 Å². The van der Waals surface area contributed by atoms with Gasteiger partial charge in [-0.05, 0) is 43.6 Å². The first kappa shape index (κ1) is 12.4. The predicted octanol–water partition coefficient (Wildman–Crippen LogP) is 2.62. The maximum atomic E-state index is 6.41. The van der Waals surface area contributed by atoms with Gasteiger partial charge in [-0.3, -0.25) is 4.90 Å². The summed E-state index contributed by atoms with van der Waals surface area (Å²) >= 11 is 0. The van der Waals surface area contributed by atoms with Crippen molar-refractivity contribution < 1.29 is 0 Å². The molecule has 2 nitrogen and oxygen atoms in total. The van der Waals surface area contributed by atoms with Gasteiger partial charge in [-0.15, -0.1) is 0 Å². The standard InChI is InChI=1S/C14H28N2/c1-4-5-11-7-9-16(10-11)12-6-8-14(2,3)13(12)15/h11-13H,4-10,15H2,1-3H3. The molecule has 1 saturated heterocycles. The van der Waals surface area contributed by atoms with Gasteiger partial charge in [0, 0.05) is 18.6 Å². The van der Waals surface area contributed by atoms with E-state index >= 15 is 0 Å². The van der Waals surface area contributed by atoms with Crippen molar-refractivity contribution in [1.82, 2.24) is 4.90 Å². The Kier molecular flexibility index (Phi) is 3.60. The molecule has 2 fully saturated rings. The molecule has 1 heterocycles. The van der Waals surface area contributed by atoms with Crippen LogP contribution in [0.2, 0.25) is 0 Å². The Balaban J connectivity index is 1.91. The largest absolute Gasteiger partial charge is 0.326 e. The molecule has 1 saturated carbocycles. The summed E-state index contributed by atoms with van der Waals surface area (Å²) in [6.45, 7) is 9.56. The van der Waals surface area contributed by atoms with Crippen molar-refractivity contribution in [3.63, 3.8) is 0 Å². The van der Waals surface area contributed by atoms with Crippen LogP contribution in [0.25, 0.3) is 0 Å². The molecule has 2 aliphatic rings. The molecular formula is C14H28N2. The molecule has 3 unspecified atom stereocenters. The summed E-state index contributed by atoms with van der Waals surface area (Å²) in [5.74, 6) is 0.945. The summed E-state index contributed by atoms with van der Waals surface area (Å²) in [4.78, 5) is 2.68. The highest BCUT2D eigenvalue weighted by molar-refractivity contribution is 5.00. The molecule has 0 radical (unpaired) electrons. The molecule has 2 N–H and O–H groups in total. The zero-order chi connectivity index (χ0) is 11.8. The zero-order valence-electron chi connectivity index (χ0n) is 11.2. The Morgan fingerprint density at radius 1 is 1.31 bits per heavy atom. The van der Waals surface area contributed by atoms with Gasteiger partial charge >= 0.3 is 0 Å². The summed E-state index contributed by atoms with van der Waals surface area (Å²) in [5, 5.41) is 0. The lowest BCUT2D eigenvalue weighted by Crippen LogP contribution is -2.48. The van der Waals surface area contributed by atoms with Crippen LogP contribution >= 0.6 is 0 Å². The molecule has 2 heteroatoms. The summed E-state index contributed by atoms with van der Waals surface area (Å²) in [5.41, 5.74) is 6.77. The number of likely N-dealkylation sites (tertiary alicyclic amines) is 1. The van der Waals surface area contributed by atoms with E-state index in [2.05, 4.69) is 25.7 Å². The minimum absolute atomic E-state index is 0.355. The van der Waals surface area contributed by atoms with Gasteiger partial charge in [-0.25, -0.2) is 0 Å². The first-order valence-corrected chi connectivity index (χ1v) is 7.04. The number of rotatable bonds is 3. The van der Waals surface area contributed by atoms with Crippen LogP contribution in [0.1, 0.15) is 52.9 Å². The normalized spacial score (nSPS) is 39.4. The lowest BCUT2D eigenvalue weighted by Gasteiger charge is -2.32. The van der Waals surface area contributed by atoms with Crippen LogP contribution in [0, 0.1) is 11.3 Å². The van der Waals surface area contributed by atoms with Crippen LogP contribution in [-0.4, -0.2) is 30.1 Å². The van der Waals surface area contributed by atoms with Crippen LogP contribution in [0.5, 0.6) is 0 Å². The summed E-state index contributed by atoms with van der Waals surface area (Å²) in [7, 11) is 0. The minimum Gasteiger partial charge on any atom is -0.326 e. The Bertz CT molecular complexity index is 237. The Labute approximate surface area is 101 Å². The zero-order valence-corrected chi connectivity index (χ0v) is 11.2. The molecule has 0 aromatic rings. The van der Waals surface area contributed by atoms with Crippen molar-refractivity contribution >= 4 is 0 Å². The number of hydrogen-bond donors (Lipinski definition) is 1. The molecule has 1 aliphatic heterocycles. The number of nitrogens with two attached hydrogens (primary N) is 1. The quantitative estimate of drug-likeness (QED) is 0.798. The summed E-state index contributed by atoms with van der Waals surface area (Å²) in [6, 6.07) is 1.05. The van der Waals surface area contributed by atoms with E-state index in [9.17, 15) is 0 Å². The molecule has 0 spiro atoms. The summed E-state index contributed by atoms with van der Waals surface area (Å²) in [6.07, 6.45) is 6.75. The van der Waals surface area contributed by atoms with Gasteiger partial charge in [0.25, 0.3) is 0 Å². The Hall–Kier alpha value is -0.0800. The predicted molar refractivity (Wildman–Crippen MR) is 69.4 cm³/mol. The van der Waals surface area contributed by atoms with E-state index in [1.165, 1.54) is 45.2 Å². The highest BCUT2D eigenvalue weighted by Crippen LogP contribution is 2.40. The SMILES string of the molecule is CCCC1CCN(C2CCC(C)(C)C2N)C1. The first-order valence-electron chi connectivity index (χ1n) is 7.04. The fourth-order valence-electron chi connectivity index (χ4n) is 3.60. The topological polar surface area (TPSA) is 29.3 Å². The molecule has 16 heavy (non-hydrogen) atoms. The molecular weight excluding hydrogens is 196 g/mol. The van der Waals surface area contributed by atoms with Crippen molar-refractivity contribution in [3.05, 3.63) is 0 Å². The monoisotopic (exact) mass is 224 g/mol. The number of hydrogen-bond acceptors (Lipinski definition) is 2. The molecule has 0 aromatic carbocycles. The average molecular weight is 224 g/mol. The Morgan fingerprint density at radius 3 is 2.62 bits per heavy atom. The van der Waals surface area contributed by atoms with Crippen molar-refractivity contribution in [2.24, 2.45) is 17.1 Å². The lowest BCUT2D eigenvalue weighted by molar-refractivity contribution is 0.191.